The van der Waals surface area contributed by atoms with Crippen LogP contribution >= 0.6 is 0 Å². The molecule has 0 aliphatic carbocycles. The first-order chi connectivity index (χ1) is 8.22. The minimum absolute atomic E-state index is 0. The van der Waals surface area contributed by atoms with Crippen molar-refractivity contribution < 1.29 is 33.5 Å². The Bertz CT molecular complexity index is 433. The van der Waals surface area contributed by atoms with Crippen LogP contribution in [0.4, 0.5) is 4.79 Å². The van der Waals surface area contributed by atoms with E-state index in [1.165, 1.54) is 11.0 Å². The molecule has 1 aliphatic rings. The molecule has 1 atom stereocenters. The molecule has 0 saturated carbocycles. The summed E-state index contributed by atoms with van der Waals surface area (Å²) in [4.78, 5) is 12.6. The van der Waals surface area contributed by atoms with Gasteiger partial charge in [0.05, 0.1) is 6.04 Å². The molecule has 1 fully saturated rings. The SMILES string of the molecule is C/C=C(\[O-])N1C(=O)OC[C@@H]1Cc1ccccc1.[Li+]. The summed E-state index contributed by atoms with van der Waals surface area (Å²) in [6.45, 7) is 1.89. The third kappa shape index (κ3) is 3.09. The van der Waals surface area contributed by atoms with Crippen LogP contribution in [0.1, 0.15) is 12.5 Å². The van der Waals surface area contributed by atoms with Gasteiger partial charge in [-0.2, -0.15) is 0 Å². The van der Waals surface area contributed by atoms with Crippen molar-refractivity contribution in [2.45, 2.75) is 19.4 Å². The van der Waals surface area contributed by atoms with Crippen LogP contribution in [0.5, 0.6) is 0 Å². The average molecular weight is 239 g/mol. The Labute approximate surface area is 118 Å². The molecule has 1 aromatic carbocycles. The van der Waals surface area contributed by atoms with Crippen LogP contribution in [0.3, 0.4) is 0 Å². The number of hydrogen-bond acceptors (Lipinski definition) is 3. The van der Waals surface area contributed by atoms with Gasteiger partial charge in [-0.1, -0.05) is 36.4 Å². The van der Waals surface area contributed by atoms with Crippen LogP contribution in [0, 0.1) is 0 Å². The Morgan fingerprint density at radius 2 is 2.17 bits per heavy atom. The molecule has 1 saturated heterocycles. The van der Waals surface area contributed by atoms with Crippen LogP contribution in [0.15, 0.2) is 42.3 Å². The van der Waals surface area contributed by atoms with Gasteiger partial charge in [0, 0.05) is 0 Å². The number of carbonyl (C=O) groups is 1. The summed E-state index contributed by atoms with van der Waals surface area (Å²) in [6.07, 6.45) is 1.46. The molecule has 0 aromatic heterocycles. The summed E-state index contributed by atoms with van der Waals surface area (Å²) in [5, 5.41) is 11.6. The fourth-order valence-electron chi connectivity index (χ4n) is 1.91. The van der Waals surface area contributed by atoms with Crippen LogP contribution in [0.2, 0.25) is 0 Å². The van der Waals surface area contributed by atoms with E-state index in [2.05, 4.69) is 0 Å². The summed E-state index contributed by atoms with van der Waals surface area (Å²) in [7, 11) is 0. The van der Waals surface area contributed by atoms with E-state index in [-0.39, 0.29) is 37.4 Å². The molecule has 0 N–H and O–H groups in total. The van der Waals surface area contributed by atoms with Crippen LogP contribution in [-0.2, 0) is 11.2 Å². The van der Waals surface area contributed by atoms with Gasteiger partial charge in [-0.25, -0.2) is 4.79 Å². The Balaban J connectivity index is 0.00000162. The molecule has 1 amide bonds. The second-order valence-electron chi connectivity index (χ2n) is 3.92. The number of cyclic esters (lactones) is 1. The molecule has 90 valence electrons. The molecule has 0 radical (unpaired) electrons. The topological polar surface area (TPSA) is 52.6 Å². The predicted octanol–water partition coefficient (Wildman–Crippen LogP) is -1.72. The van der Waals surface area contributed by atoms with Crippen molar-refractivity contribution in [3.05, 3.63) is 47.9 Å². The number of allylic oxidation sites excluding steroid dienone is 1. The first-order valence-electron chi connectivity index (χ1n) is 5.55. The van der Waals surface area contributed by atoms with E-state index >= 15 is 0 Å². The maximum Gasteiger partial charge on any atom is 1.00 e. The van der Waals surface area contributed by atoms with Gasteiger partial charge in [0.2, 0.25) is 0 Å². The van der Waals surface area contributed by atoms with Crippen LogP contribution in [-0.4, -0.2) is 23.6 Å². The molecule has 1 heterocycles. The van der Waals surface area contributed by atoms with Gasteiger partial charge in [-0.15, -0.1) is 0 Å². The Morgan fingerprint density at radius 3 is 2.78 bits per heavy atom. The van der Waals surface area contributed by atoms with Gasteiger partial charge in [0.15, 0.2) is 0 Å². The standard InChI is InChI=1S/C13H15NO3.Li/c1-2-12(15)14-11(9-17-13(14)16)8-10-6-4-3-5-7-10;/h2-7,11,15H,8-9H2,1H3;/q;+1/p-1/b12-2-;/t11-;/m0./s1. The predicted molar refractivity (Wildman–Crippen MR) is 60.9 cm³/mol. The van der Waals surface area contributed by atoms with Crippen molar-refractivity contribution in [1.82, 2.24) is 4.90 Å². The van der Waals surface area contributed by atoms with E-state index in [1.54, 1.807) is 6.92 Å². The molecule has 1 aliphatic heterocycles. The van der Waals surface area contributed by atoms with Crippen molar-refractivity contribution in [2.24, 2.45) is 0 Å². The minimum atomic E-state index is -0.547. The molecular formula is C13H14LiNO3. The summed E-state index contributed by atoms with van der Waals surface area (Å²) < 4.78 is 4.92. The number of ether oxygens (including phenoxy) is 1. The monoisotopic (exact) mass is 239 g/mol. The normalized spacial score (nSPS) is 19.4. The van der Waals surface area contributed by atoms with E-state index < -0.39 is 6.09 Å². The number of amides is 1. The summed E-state index contributed by atoms with van der Waals surface area (Å²) >= 11 is 0. The quantitative estimate of drug-likeness (QED) is 0.465. The molecule has 4 nitrogen and oxygen atoms in total. The Hall–Kier alpha value is -1.37. The number of carbonyl (C=O) groups excluding carboxylic acids is 1. The summed E-state index contributed by atoms with van der Waals surface area (Å²) in [5.41, 5.74) is 1.09. The van der Waals surface area contributed by atoms with Crippen molar-refractivity contribution in [1.29, 1.82) is 0 Å². The van der Waals surface area contributed by atoms with E-state index in [1.807, 2.05) is 30.3 Å². The number of benzene rings is 1. The zero-order chi connectivity index (χ0) is 12.3. The second kappa shape index (κ2) is 6.53. The van der Waals surface area contributed by atoms with Gasteiger partial charge in [-0.3, -0.25) is 4.90 Å². The molecule has 0 unspecified atom stereocenters. The van der Waals surface area contributed by atoms with E-state index in [4.69, 9.17) is 4.74 Å². The number of rotatable bonds is 3. The molecular weight excluding hydrogens is 225 g/mol. The maximum atomic E-state index is 11.6. The molecule has 0 bridgehead atoms. The molecule has 1 aromatic rings. The largest absolute Gasteiger partial charge is 1.00 e. The third-order valence-electron chi connectivity index (χ3n) is 2.76. The van der Waals surface area contributed by atoms with Crippen LogP contribution < -0.4 is 24.0 Å². The zero-order valence-electron chi connectivity index (χ0n) is 10.6. The zero-order valence-corrected chi connectivity index (χ0v) is 10.6. The Morgan fingerprint density at radius 1 is 1.50 bits per heavy atom. The molecule has 5 heteroatoms. The van der Waals surface area contributed by atoms with Crippen molar-refractivity contribution in [3.8, 4) is 0 Å². The fraction of sp³-hybridized carbons (Fsp3) is 0.308. The van der Waals surface area contributed by atoms with Crippen molar-refractivity contribution in [2.75, 3.05) is 6.61 Å². The summed E-state index contributed by atoms with van der Waals surface area (Å²) in [6, 6.07) is 9.55. The minimum Gasteiger partial charge on any atom is -0.860 e. The molecule has 18 heavy (non-hydrogen) atoms. The van der Waals surface area contributed by atoms with E-state index in [0.29, 0.717) is 6.42 Å². The number of nitrogens with zero attached hydrogens (tertiary/aromatic N) is 1. The van der Waals surface area contributed by atoms with Gasteiger partial charge >= 0.3 is 25.0 Å². The Kier molecular flexibility index (Phi) is 5.33. The third-order valence-corrected chi connectivity index (χ3v) is 2.76. The van der Waals surface area contributed by atoms with Crippen LogP contribution in [0.25, 0.3) is 0 Å². The summed E-state index contributed by atoms with van der Waals surface area (Å²) in [5.74, 6) is -0.298. The van der Waals surface area contributed by atoms with Gasteiger partial charge in [0.25, 0.3) is 0 Å². The van der Waals surface area contributed by atoms with Gasteiger partial charge in [-0.05, 0) is 24.8 Å². The first kappa shape index (κ1) is 14.7. The maximum absolute atomic E-state index is 11.6. The second-order valence-corrected chi connectivity index (χ2v) is 3.92. The van der Waals surface area contributed by atoms with E-state index in [9.17, 15) is 9.90 Å². The van der Waals surface area contributed by atoms with E-state index in [0.717, 1.165) is 5.56 Å². The van der Waals surface area contributed by atoms with Gasteiger partial charge < -0.3 is 9.84 Å². The smallest absolute Gasteiger partial charge is 0.860 e. The van der Waals surface area contributed by atoms with Crippen molar-refractivity contribution >= 4 is 6.09 Å². The first-order valence-corrected chi connectivity index (χ1v) is 5.55. The van der Waals surface area contributed by atoms with Gasteiger partial charge in [0.1, 0.15) is 6.61 Å². The van der Waals surface area contributed by atoms with Crippen molar-refractivity contribution in [3.63, 3.8) is 0 Å². The molecule has 2 rings (SSSR count). The fourth-order valence-corrected chi connectivity index (χ4v) is 1.91. The average Bonchev–Trinajstić information content (AvgIpc) is 2.71. The molecule has 0 spiro atoms. The number of hydrogen-bond donors (Lipinski definition) is 0.